The van der Waals surface area contributed by atoms with Gasteiger partial charge in [-0.15, -0.1) is 0 Å². The minimum absolute atomic E-state index is 0.313. The number of anilines is 1. The molecule has 0 aliphatic carbocycles. The highest BCUT2D eigenvalue weighted by molar-refractivity contribution is 7.99. The number of ether oxygens (including phenoxy) is 1. The van der Waals surface area contributed by atoms with Crippen LogP contribution in [0.15, 0.2) is 94.7 Å². The van der Waals surface area contributed by atoms with Crippen LogP contribution in [-0.2, 0) is 14.3 Å². The number of hydrogen-bond donors (Lipinski definition) is 1. The summed E-state index contributed by atoms with van der Waals surface area (Å²) in [5.74, 6) is -1.12. The summed E-state index contributed by atoms with van der Waals surface area (Å²) in [6, 6.07) is 27.0. The summed E-state index contributed by atoms with van der Waals surface area (Å²) < 4.78 is 5.28. The van der Waals surface area contributed by atoms with Crippen molar-refractivity contribution >= 4 is 29.3 Å². The Balaban J connectivity index is 1.59. The predicted octanol–water partition coefficient (Wildman–Crippen LogP) is 5.51. The average Bonchev–Trinajstić information content (AvgIpc) is 2.76. The van der Waals surface area contributed by atoms with Crippen LogP contribution in [0.1, 0.15) is 24.8 Å². The zero-order valence-corrected chi connectivity index (χ0v) is 17.0. The van der Waals surface area contributed by atoms with Crippen molar-refractivity contribution in [2.75, 3.05) is 11.9 Å². The fraction of sp³-hybridized carbons (Fsp3) is 0.167. The first-order valence-electron chi connectivity index (χ1n) is 9.50. The van der Waals surface area contributed by atoms with Crippen molar-refractivity contribution in [1.29, 1.82) is 0 Å². The number of nitrogens with one attached hydrogen (secondary N) is 1. The molecule has 0 aromatic heterocycles. The standard InChI is InChI=1S/C24H23NO3S/c1-2-20(18-11-5-3-6-12-18)24(27)28-17-23(26)25-21-15-9-10-16-22(21)29-19-13-7-4-8-14-19/h3-16,20H,2,17H2,1H3,(H,25,26). The van der Waals surface area contributed by atoms with Gasteiger partial charge in [0.15, 0.2) is 6.61 Å². The number of benzene rings is 3. The summed E-state index contributed by atoms with van der Waals surface area (Å²) >= 11 is 1.56. The first-order chi connectivity index (χ1) is 14.2. The Morgan fingerprint density at radius 3 is 2.21 bits per heavy atom. The summed E-state index contributed by atoms with van der Waals surface area (Å²) in [6.07, 6.45) is 0.612. The Hall–Kier alpha value is -3.05. The molecule has 1 atom stereocenters. The number of esters is 1. The number of amides is 1. The summed E-state index contributed by atoms with van der Waals surface area (Å²) in [4.78, 5) is 26.8. The van der Waals surface area contributed by atoms with Crippen LogP contribution in [0.2, 0.25) is 0 Å². The first kappa shape index (κ1) is 20.7. The van der Waals surface area contributed by atoms with Crippen LogP contribution in [0, 0.1) is 0 Å². The summed E-state index contributed by atoms with van der Waals surface area (Å²) in [5, 5.41) is 2.85. The lowest BCUT2D eigenvalue weighted by Crippen LogP contribution is -2.24. The monoisotopic (exact) mass is 405 g/mol. The van der Waals surface area contributed by atoms with E-state index in [-0.39, 0.29) is 24.4 Å². The van der Waals surface area contributed by atoms with Crippen LogP contribution in [0.4, 0.5) is 5.69 Å². The van der Waals surface area contributed by atoms with Gasteiger partial charge >= 0.3 is 5.97 Å². The van der Waals surface area contributed by atoms with Gasteiger partial charge in [-0.1, -0.05) is 79.3 Å². The second kappa shape index (κ2) is 10.5. The number of para-hydroxylation sites is 1. The van der Waals surface area contributed by atoms with E-state index < -0.39 is 0 Å². The largest absolute Gasteiger partial charge is 0.455 e. The summed E-state index contributed by atoms with van der Waals surface area (Å²) in [6.45, 7) is 1.61. The molecule has 4 nitrogen and oxygen atoms in total. The number of carbonyl (C=O) groups is 2. The molecule has 1 amide bonds. The van der Waals surface area contributed by atoms with Crippen LogP contribution >= 0.6 is 11.8 Å². The van der Waals surface area contributed by atoms with E-state index >= 15 is 0 Å². The molecule has 1 unspecified atom stereocenters. The molecule has 0 saturated heterocycles. The van der Waals surface area contributed by atoms with Crippen LogP contribution in [-0.4, -0.2) is 18.5 Å². The molecule has 0 heterocycles. The summed E-state index contributed by atoms with van der Waals surface area (Å²) in [5.41, 5.74) is 1.59. The van der Waals surface area contributed by atoms with Crippen molar-refractivity contribution in [2.45, 2.75) is 29.1 Å². The number of rotatable bonds is 8. The fourth-order valence-electron chi connectivity index (χ4n) is 2.92. The van der Waals surface area contributed by atoms with Gasteiger partial charge < -0.3 is 10.1 Å². The predicted molar refractivity (Wildman–Crippen MR) is 116 cm³/mol. The third-order valence-corrected chi connectivity index (χ3v) is 5.46. The van der Waals surface area contributed by atoms with E-state index in [0.717, 1.165) is 15.4 Å². The van der Waals surface area contributed by atoms with Crippen LogP contribution in [0.3, 0.4) is 0 Å². The molecule has 29 heavy (non-hydrogen) atoms. The number of carbonyl (C=O) groups excluding carboxylic acids is 2. The molecule has 0 radical (unpaired) electrons. The molecule has 148 valence electrons. The van der Waals surface area contributed by atoms with E-state index in [1.807, 2.05) is 91.9 Å². The molecular weight excluding hydrogens is 382 g/mol. The molecule has 3 aromatic carbocycles. The summed E-state index contributed by atoms with van der Waals surface area (Å²) in [7, 11) is 0. The second-order valence-corrected chi connectivity index (χ2v) is 7.55. The zero-order valence-electron chi connectivity index (χ0n) is 16.2. The maximum atomic E-state index is 12.4. The molecule has 1 N–H and O–H groups in total. The highest BCUT2D eigenvalue weighted by Crippen LogP contribution is 2.33. The van der Waals surface area contributed by atoms with Gasteiger partial charge in [0.2, 0.25) is 0 Å². The van der Waals surface area contributed by atoms with Crippen LogP contribution < -0.4 is 5.32 Å². The Labute approximate surface area is 175 Å². The van der Waals surface area contributed by atoms with E-state index in [1.165, 1.54) is 0 Å². The Kier molecular flexibility index (Phi) is 7.47. The molecule has 0 saturated carbocycles. The SMILES string of the molecule is CCC(C(=O)OCC(=O)Nc1ccccc1Sc1ccccc1)c1ccccc1. The lowest BCUT2D eigenvalue weighted by Gasteiger charge is -2.15. The van der Waals surface area contributed by atoms with Gasteiger partial charge in [-0.3, -0.25) is 9.59 Å². The number of hydrogen-bond acceptors (Lipinski definition) is 4. The van der Waals surface area contributed by atoms with Crippen molar-refractivity contribution in [3.8, 4) is 0 Å². The lowest BCUT2D eigenvalue weighted by atomic mass is 9.97. The van der Waals surface area contributed by atoms with E-state index in [2.05, 4.69) is 5.32 Å². The van der Waals surface area contributed by atoms with Crippen molar-refractivity contribution in [1.82, 2.24) is 0 Å². The van der Waals surface area contributed by atoms with Crippen LogP contribution in [0.5, 0.6) is 0 Å². The molecule has 0 fully saturated rings. The third-order valence-electron chi connectivity index (χ3n) is 4.37. The quantitative estimate of drug-likeness (QED) is 0.502. The molecule has 0 aliphatic heterocycles. The van der Waals surface area contributed by atoms with E-state index in [4.69, 9.17) is 4.74 Å². The lowest BCUT2D eigenvalue weighted by molar-refractivity contribution is -0.149. The molecule has 3 rings (SSSR count). The van der Waals surface area contributed by atoms with Gasteiger partial charge in [0.25, 0.3) is 5.91 Å². The molecule has 3 aromatic rings. The highest BCUT2D eigenvalue weighted by Gasteiger charge is 2.21. The normalized spacial score (nSPS) is 11.5. The zero-order chi connectivity index (χ0) is 20.5. The van der Waals surface area contributed by atoms with Gasteiger partial charge in [-0.25, -0.2) is 0 Å². The van der Waals surface area contributed by atoms with Crippen molar-refractivity contribution in [2.24, 2.45) is 0 Å². The third kappa shape index (κ3) is 5.96. The van der Waals surface area contributed by atoms with Gasteiger partial charge in [0, 0.05) is 9.79 Å². The molecular formula is C24H23NO3S. The first-order valence-corrected chi connectivity index (χ1v) is 10.3. The highest BCUT2D eigenvalue weighted by atomic mass is 32.2. The topological polar surface area (TPSA) is 55.4 Å². The Morgan fingerprint density at radius 2 is 1.52 bits per heavy atom. The van der Waals surface area contributed by atoms with Gasteiger partial charge in [-0.2, -0.15) is 0 Å². The minimum Gasteiger partial charge on any atom is -0.455 e. The van der Waals surface area contributed by atoms with E-state index in [0.29, 0.717) is 12.1 Å². The average molecular weight is 406 g/mol. The molecule has 0 spiro atoms. The minimum atomic E-state index is -0.388. The second-order valence-electron chi connectivity index (χ2n) is 6.44. The maximum absolute atomic E-state index is 12.4. The molecule has 5 heteroatoms. The Bertz CT molecular complexity index is 945. The smallest absolute Gasteiger partial charge is 0.313 e. The van der Waals surface area contributed by atoms with E-state index in [1.54, 1.807) is 11.8 Å². The van der Waals surface area contributed by atoms with Gasteiger partial charge in [0.05, 0.1) is 11.6 Å². The maximum Gasteiger partial charge on any atom is 0.313 e. The van der Waals surface area contributed by atoms with E-state index in [9.17, 15) is 9.59 Å². The Morgan fingerprint density at radius 1 is 0.897 bits per heavy atom. The van der Waals surface area contributed by atoms with Gasteiger partial charge in [-0.05, 0) is 36.2 Å². The van der Waals surface area contributed by atoms with Gasteiger partial charge in [0.1, 0.15) is 0 Å². The molecule has 0 bridgehead atoms. The van der Waals surface area contributed by atoms with Crippen molar-refractivity contribution < 1.29 is 14.3 Å². The fourth-order valence-corrected chi connectivity index (χ4v) is 3.84. The van der Waals surface area contributed by atoms with Crippen molar-refractivity contribution in [3.05, 3.63) is 90.5 Å². The van der Waals surface area contributed by atoms with Crippen LogP contribution in [0.25, 0.3) is 0 Å². The van der Waals surface area contributed by atoms with Crippen molar-refractivity contribution in [3.63, 3.8) is 0 Å². The molecule has 0 aliphatic rings.